The van der Waals surface area contributed by atoms with Crippen LogP contribution in [0.5, 0.6) is 0 Å². The van der Waals surface area contributed by atoms with Crippen molar-refractivity contribution in [2.45, 2.75) is 32.6 Å². The number of benzene rings is 2. The minimum atomic E-state index is 0. The van der Waals surface area contributed by atoms with Gasteiger partial charge in [-0.2, -0.15) is 11.6 Å². The Morgan fingerprint density at radius 3 is 2.30 bits per heavy atom. The third kappa shape index (κ3) is 2.64. The third-order valence-electron chi connectivity index (χ3n) is 3.97. The Morgan fingerprint density at radius 1 is 0.950 bits per heavy atom. The molecule has 2 aromatic rings. The van der Waals surface area contributed by atoms with Crippen LogP contribution >= 0.6 is 0 Å². The Labute approximate surface area is 134 Å². The first-order valence-electron chi connectivity index (χ1n) is 6.86. The first-order chi connectivity index (χ1) is 9.08. The SMILES string of the molecule is Cc1ccc(C2=[C-]CC(C)(C)c3ccccc32)cc1.[Li+]. The largest absolute Gasteiger partial charge is 1.00 e. The minimum Gasteiger partial charge on any atom is -0.199 e. The number of allylic oxidation sites excluding steroid dienone is 1. The van der Waals surface area contributed by atoms with Crippen LogP contribution in [0.1, 0.15) is 42.5 Å². The molecule has 0 fully saturated rings. The number of hydrogen-bond donors (Lipinski definition) is 0. The average Bonchev–Trinajstić information content (AvgIpc) is 2.41. The van der Waals surface area contributed by atoms with Gasteiger partial charge in [0.05, 0.1) is 0 Å². The molecule has 0 amide bonds. The summed E-state index contributed by atoms with van der Waals surface area (Å²) in [7, 11) is 0. The molecule has 0 unspecified atom stereocenters. The summed E-state index contributed by atoms with van der Waals surface area (Å²) in [4.78, 5) is 0. The Morgan fingerprint density at radius 2 is 1.60 bits per heavy atom. The molecule has 0 spiro atoms. The first-order valence-corrected chi connectivity index (χ1v) is 6.86. The number of aryl methyl sites for hydroxylation is 1. The maximum atomic E-state index is 3.62. The molecule has 96 valence electrons. The van der Waals surface area contributed by atoms with E-state index >= 15 is 0 Å². The fourth-order valence-electron chi connectivity index (χ4n) is 2.77. The Bertz CT molecular complexity index is 633. The van der Waals surface area contributed by atoms with E-state index < -0.39 is 0 Å². The second-order valence-electron chi connectivity index (χ2n) is 6.02. The maximum absolute atomic E-state index is 3.62. The topological polar surface area (TPSA) is 0 Å². The van der Waals surface area contributed by atoms with E-state index in [9.17, 15) is 0 Å². The van der Waals surface area contributed by atoms with Crippen molar-refractivity contribution in [3.05, 3.63) is 76.9 Å². The van der Waals surface area contributed by atoms with E-state index in [-0.39, 0.29) is 24.3 Å². The van der Waals surface area contributed by atoms with Crippen LogP contribution in [0, 0.1) is 13.0 Å². The third-order valence-corrected chi connectivity index (χ3v) is 3.97. The summed E-state index contributed by atoms with van der Waals surface area (Å²) < 4.78 is 0. The van der Waals surface area contributed by atoms with Crippen LogP contribution in [0.25, 0.3) is 5.57 Å². The molecule has 1 aliphatic carbocycles. The molecule has 20 heavy (non-hydrogen) atoms. The van der Waals surface area contributed by atoms with Crippen molar-refractivity contribution >= 4 is 5.57 Å². The van der Waals surface area contributed by atoms with Crippen LogP contribution in [0.4, 0.5) is 0 Å². The van der Waals surface area contributed by atoms with E-state index in [4.69, 9.17) is 0 Å². The summed E-state index contributed by atoms with van der Waals surface area (Å²) in [5.41, 5.74) is 6.79. The standard InChI is InChI=1S/C19H19.Li/c1-14-8-10-15(11-9-14)16-12-13-19(2,3)18-7-5-4-6-17(16)18;/h4-11H,13H2,1-3H3;/q-1;+1. The van der Waals surface area contributed by atoms with Crippen LogP contribution in [0.15, 0.2) is 48.5 Å². The van der Waals surface area contributed by atoms with Crippen LogP contribution in [0.2, 0.25) is 0 Å². The fourth-order valence-corrected chi connectivity index (χ4v) is 2.77. The van der Waals surface area contributed by atoms with E-state index in [2.05, 4.69) is 75.4 Å². The molecule has 3 rings (SSSR count). The molecule has 0 N–H and O–H groups in total. The van der Waals surface area contributed by atoms with Crippen molar-refractivity contribution in [2.24, 2.45) is 0 Å². The minimum absolute atomic E-state index is 0. The van der Waals surface area contributed by atoms with E-state index in [1.807, 2.05) is 0 Å². The Hall–Kier alpha value is -1.22. The van der Waals surface area contributed by atoms with Gasteiger partial charge in [0.15, 0.2) is 0 Å². The van der Waals surface area contributed by atoms with Gasteiger partial charge in [0.1, 0.15) is 0 Å². The number of hydrogen-bond acceptors (Lipinski definition) is 0. The zero-order valence-electron chi connectivity index (χ0n) is 12.8. The summed E-state index contributed by atoms with van der Waals surface area (Å²) in [5, 5.41) is 0. The average molecular weight is 254 g/mol. The van der Waals surface area contributed by atoms with Crippen LogP contribution < -0.4 is 18.9 Å². The quantitative estimate of drug-likeness (QED) is 0.539. The molecule has 0 atom stereocenters. The maximum Gasteiger partial charge on any atom is 1.00 e. The van der Waals surface area contributed by atoms with Gasteiger partial charge in [0, 0.05) is 0 Å². The molecular weight excluding hydrogens is 235 g/mol. The number of fused-ring (bicyclic) bond motifs is 1. The van der Waals surface area contributed by atoms with Crippen molar-refractivity contribution < 1.29 is 18.9 Å². The van der Waals surface area contributed by atoms with Gasteiger partial charge < -0.3 is 0 Å². The molecule has 1 heteroatoms. The molecule has 0 nitrogen and oxygen atoms in total. The van der Waals surface area contributed by atoms with Gasteiger partial charge in [0.25, 0.3) is 0 Å². The molecule has 0 aliphatic heterocycles. The molecule has 0 radical (unpaired) electrons. The van der Waals surface area contributed by atoms with Gasteiger partial charge in [-0.25, -0.2) is 0 Å². The molecule has 0 saturated heterocycles. The van der Waals surface area contributed by atoms with Gasteiger partial charge in [-0.3, -0.25) is 0 Å². The Kier molecular flexibility index (Phi) is 4.28. The van der Waals surface area contributed by atoms with Crippen LogP contribution in [-0.2, 0) is 5.41 Å². The normalized spacial score (nSPS) is 15.8. The fraction of sp³-hybridized carbons (Fsp3) is 0.263. The molecule has 0 bridgehead atoms. The van der Waals surface area contributed by atoms with Crippen molar-refractivity contribution in [2.75, 3.05) is 0 Å². The summed E-state index contributed by atoms with van der Waals surface area (Å²) >= 11 is 0. The Balaban J connectivity index is 0.00000147. The smallest absolute Gasteiger partial charge is 0.199 e. The summed E-state index contributed by atoms with van der Waals surface area (Å²) in [5.74, 6) is 0. The molecule has 0 heterocycles. The van der Waals surface area contributed by atoms with Crippen molar-refractivity contribution in [1.82, 2.24) is 0 Å². The predicted molar refractivity (Wildman–Crippen MR) is 81.0 cm³/mol. The zero-order valence-corrected chi connectivity index (χ0v) is 12.8. The molecule has 0 aromatic heterocycles. The van der Waals surface area contributed by atoms with Crippen molar-refractivity contribution in [3.8, 4) is 0 Å². The summed E-state index contributed by atoms with van der Waals surface area (Å²) in [6, 6.07) is 17.5. The van der Waals surface area contributed by atoms with E-state index in [0.29, 0.717) is 0 Å². The summed E-state index contributed by atoms with van der Waals surface area (Å²) in [6.45, 7) is 6.72. The van der Waals surface area contributed by atoms with Crippen molar-refractivity contribution in [3.63, 3.8) is 0 Å². The van der Waals surface area contributed by atoms with E-state index in [1.54, 1.807) is 0 Å². The van der Waals surface area contributed by atoms with Gasteiger partial charge in [-0.15, -0.1) is 29.3 Å². The van der Waals surface area contributed by atoms with Crippen molar-refractivity contribution in [1.29, 1.82) is 0 Å². The van der Waals surface area contributed by atoms with Gasteiger partial charge in [-0.05, 0) is 12.3 Å². The monoisotopic (exact) mass is 254 g/mol. The van der Waals surface area contributed by atoms with E-state index in [1.165, 1.54) is 27.8 Å². The van der Waals surface area contributed by atoms with Gasteiger partial charge in [-0.1, -0.05) is 61.7 Å². The second-order valence-corrected chi connectivity index (χ2v) is 6.02. The van der Waals surface area contributed by atoms with Gasteiger partial charge in [0.2, 0.25) is 0 Å². The summed E-state index contributed by atoms with van der Waals surface area (Å²) in [6.07, 6.45) is 4.60. The molecule has 2 aromatic carbocycles. The first kappa shape index (κ1) is 15.2. The van der Waals surface area contributed by atoms with Gasteiger partial charge >= 0.3 is 18.9 Å². The van der Waals surface area contributed by atoms with Crippen LogP contribution in [0.3, 0.4) is 0 Å². The molecule has 1 aliphatic rings. The second kappa shape index (κ2) is 5.64. The molecule has 0 saturated carbocycles. The van der Waals surface area contributed by atoms with Crippen LogP contribution in [-0.4, -0.2) is 0 Å². The predicted octanol–water partition coefficient (Wildman–Crippen LogP) is 1.92. The molecular formula is C19H19Li. The van der Waals surface area contributed by atoms with E-state index in [0.717, 1.165) is 6.42 Å². The zero-order chi connectivity index (χ0) is 13.5. The number of rotatable bonds is 1.